The second kappa shape index (κ2) is 23.9. The van der Waals surface area contributed by atoms with Crippen LogP contribution in [0.1, 0.15) is 47.5 Å². The molecule has 2 saturated heterocycles. The zero-order valence-electron chi connectivity index (χ0n) is 36.4. The van der Waals surface area contributed by atoms with E-state index >= 15 is 0 Å². The first-order valence-corrected chi connectivity index (χ1v) is 19.2. The van der Waals surface area contributed by atoms with E-state index in [9.17, 15) is 79.7 Å². The minimum absolute atomic E-state index is 0.629. The second-order valence-corrected chi connectivity index (χ2v) is 14.3. The molecule has 2 aliphatic heterocycles. The molecule has 24 nitrogen and oxygen atoms in total. The number of hydrogen-bond acceptors (Lipinski definition) is 22. The van der Waals surface area contributed by atoms with Gasteiger partial charge >= 0.3 is 66.0 Å². The minimum Gasteiger partial charge on any atom is -0.465 e. The standard InChI is InChI=1S/C37H48F6N2O22/c1-9-10-59-34(32(55)57-7)11-21(61-15(2)47)25(45-31(54)37(41,42)43)29(67-34)27(65-19(6)51)23(63-17(4)49)14-60-35(33(56)58-8)12-22(62-16(3)48)24(44-30(53)36(38,39)40)28(66-35)26(20(52)13-46)64-18(5)50/h9,20-29,46,52H,1,10-14H2,2-8H3,(H,44,53)(H,45,54)/t20-,21+,22+,23-,24-,25-,26-,27-,28-,29-,34-,35-/m1/s1. The van der Waals surface area contributed by atoms with Crippen molar-refractivity contribution in [3.8, 4) is 0 Å². The Balaban J connectivity index is 3.06. The molecule has 0 aromatic heterocycles. The molecule has 0 radical (unpaired) electrons. The lowest BCUT2D eigenvalue weighted by molar-refractivity contribution is -0.327. The molecule has 2 heterocycles. The SMILES string of the molecule is C=CCO[C@]1(C(=O)OC)C[C@H](OC(C)=O)[C@@H](NC(=O)C(F)(F)F)[C@H]([C@H](OC(C)=O)[C@@H](CO[C@]2(C(=O)OC)C[C@H](OC(C)=O)[C@@H](NC(=O)C(F)(F)F)[C@H]([C@H](OC(C)=O)[C@H](O)CO)O2)OC(C)=O)O1. The monoisotopic (exact) mass is 986 g/mol. The fourth-order valence-electron chi connectivity index (χ4n) is 6.81. The summed E-state index contributed by atoms with van der Waals surface area (Å²) in [7, 11) is 1.45. The second-order valence-electron chi connectivity index (χ2n) is 14.3. The Morgan fingerprint density at radius 2 is 1.06 bits per heavy atom. The van der Waals surface area contributed by atoms with E-state index < -0.39 is 171 Å². The molecule has 2 rings (SSSR count). The first-order chi connectivity index (χ1) is 30.9. The van der Waals surface area contributed by atoms with Crippen LogP contribution in [0.4, 0.5) is 26.3 Å². The first kappa shape index (κ1) is 57.4. The maximum atomic E-state index is 13.9. The van der Waals surface area contributed by atoms with Gasteiger partial charge in [-0.25, -0.2) is 9.59 Å². The van der Waals surface area contributed by atoms with Gasteiger partial charge < -0.3 is 73.0 Å². The summed E-state index contributed by atoms with van der Waals surface area (Å²) in [6.07, 6.45) is -31.9. The predicted octanol–water partition coefficient (Wildman–Crippen LogP) is -1.37. The van der Waals surface area contributed by atoms with Crippen molar-refractivity contribution in [1.82, 2.24) is 10.6 Å². The zero-order chi connectivity index (χ0) is 51.4. The van der Waals surface area contributed by atoms with Crippen LogP contribution in [0.3, 0.4) is 0 Å². The van der Waals surface area contributed by atoms with Crippen LogP contribution in [0, 0.1) is 0 Å². The molecule has 0 bridgehead atoms. The molecule has 380 valence electrons. The van der Waals surface area contributed by atoms with Gasteiger partial charge in [0.25, 0.3) is 11.6 Å². The fourth-order valence-corrected chi connectivity index (χ4v) is 6.81. The van der Waals surface area contributed by atoms with Crippen molar-refractivity contribution < 1.29 is 132 Å². The number of rotatable bonds is 20. The van der Waals surface area contributed by atoms with Gasteiger partial charge in [0.2, 0.25) is 0 Å². The largest absolute Gasteiger partial charge is 0.471 e. The Labute approximate surface area is 375 Å². The van der Waals surface area contributed by atoms with Crippen LogP contribution in [0.25, 0.3) is 0 Å². The number of hydrogen-bond donors (Lipinski definition) is 4. The molecule has 0 spiro atoms. The van der Waals surface area contributed by atoms with Gasteiger partial charge in [0, 0.05) is 34.6 Å². The molecule has 0 aliphatic carbocycles. The average Bonchev–Trinajstić information content (AvgIpc) is 3.21. The van der Waals surface area contributed by atoms with E-state index in [1.165, 1.54) is 10.6 Å². The van der Waals surface area contributed by atoms with Crippen LogP contribution in [0.15, 0.2) is 12.7 Å². The van der Waals surface area contributed by atoms with Crippen LogP contribution in [-0.2, 0) is 95.3 Å². The molecule has 12 atom stereocenters. The number of amides is 2. The fraction of sp³-hybridized carbons (Fsp3) is 0.703. The topological polar surface area (TPSA) is 320 Å². The highest BCUT2D eigenvalue weighted by Gasteiger charge is 2.63. The van der Waals surface area contributed by atoms with Crippen molar-refractivity contribution >= 4 is 53.6 Å². The van der Waals surface area contributed by atoms with Gasteiger partial charge in [-0.3, -0.25) is 33.6 Å². The summed E-state index contributed by atoms with van der Waals surface area (Å²) in [5.41, 5.74) is 0. The number of alkyl halides is 6. The molecule has 30 heteroatoms. The molecular formula is C37H48F6N2O22. The highest BCUT2D eigenvalue weighted by atomic mass is 19.4. The number of aliphatic hydroxyl groups is 2. The third-order valence-electron chi connectivity index (χ3n) is 9.26. The van der Waals surface area contributed by atoms with E-state index in [1.54, 1.807) is 0 Å². The van der Waals surface area contributed by atoms with Crippen molar-refractivity contribution in [2.24, 2.45) is 0 Å². The summed E-state index contributed by atoms with van der Waals surface area (Å²) in [4.78, 5) is 115. The van der Waals surface area contributed by atoms with Gasteiger partial charge in [-0.05, 0) is 0 Å². The molecule has 0 aromatic carbocycles. The number of carbonyl (C=O) groups excluding carboxylic acids is 9. The highest BCUT2D eigenvalue weighted by Crippen LogP contribution is 2.40. The minimum atomic E-state index is -5.71. The Hall–Kier alpha value is -5.69. The quantitative estimate of drug-likeness (QED) is 0.0473. The normalized spacial score (nSPS) is 27.0. The molecule has 2 fully saturated rings. The van der Waals surface area contributed by atoms with Crippen LogP contribution in [0.5, 0.6) is 0 Å². The highest BCUT2D eigenvalue weighted by molar-refractivity contribution is 5.83. The van der Waals surface area contributed by atoms with Crippen LogP contribution < -0.4 is 10.6 Å². The van der Waals surface area contributed by atoms with E-state index in [4.69, 9.17) is 52.1 Å². The number of ether oxygens (including phenoxy) is 11. The molecule has 0 saturated carbocycles. The smallest absolute Gasteiger partial charge is 0.465 e. The summed E-state index contributed by atoms with van der Waals surface area (Å²) in [6, 6.07) is -4.76. The molecule has 0 aromatic rings. The Bertz CT molecular complexity index is 1850. The van der Waals surface area contributed by atoms with E-state index in [1.807, 2.05) is 0 Å². The van der Waals surface area contributed by atoms with Crippen LogP contribution in [0.2, 0.25) is 0 Å². The van der Waals surface area contributed by atoms with Gasteiger partial charge in [0.15, 0.2) is 18.3 Å². The summed E-state index contributed by atoms with van der Waals surface area (Å²) >= 11 is 0. The summed E-state index contributed by atoms with van der Waals surface area (Å²) in [5.74, 6) is -21.5. The molecule has 2 aliphatic rings. The average molecular weight is 987 g/mol. The zero-order valence-corrected chi connectivity index (χ0v) is 36.4. The number of esters is 7. The van der Waals surface area contributed by atoms with Crippen molar-refractivity contribution in [3.05, 3.63) is 12.7 Å². The molecule has 2 amide bonds. The maximum Gasteiger partial charge on any atom is 0.471 e. The van der Waals surface area contributed by atoms with Crippen LogP contribution in [-0.4, -0.2) is 183 Å². The maximum absolute atomic E-state index is 13.9. The van der Waals surface area contributed by atoms with E-state index in [0.29, 0.717) is 34.8 Å². The first-order valence-electron chi connectivity index (χ1n) is 19.2. The van der Waals surface area contributed by atoms with Gasteiger partial charge in [-0.15, -0.1) is 6.58 Å². The number of aliphatic hydroxyl groups excluding tert-OH is 2. The van der Waals surface area contributed by atoms with Crippen molar-refractivity contribution in [2.45, 2.75) is 132 Å². The number of methoxy groups -OCH3 is 2. The van der Waals surface area contributed by atoms with Gasteiger partial charge in [0.05, 0.1) is 59.0 Å². The Morgan fingerprint density at radius 3 is 1.40 bits per heavy atom. The summed E-state index contributed by atoms with van der Waals surface area (Å²) < 4.78 is 141. The summed E-state index contributed by atoms with van der Waals surface area (Å²) in [5, 5.41) is 23.5. The van der Waals surface area contributed by atoms with E-state index in [0.717, 1.165) is 20.1 Å². The number of halogens is 6. The van der Waals surface area contributed by atoms with Crippen LogP contribution >= 0.6 is 0 Å². The molecule has 67 heavy (non-hydrogen) atoms. The van der Waals surface area contributed by atoms with E-state index in [2.05, 4.69) is 6.58 Å². The Morgan fingerprint density at radius 1 is 0.672 bits per heavy atom. The van der Waals surface area contributed by atoms with Crippen molar-refractivity contribution in [2.75, 3.05) is 34.0 Å². The van der Waals surface area contributed by atoms with Crippen molar-refractivity contribution in [1.29, 1.82) is 0 Å². The van der Waals surface area contributed by atoms with Crippen molar-refractivity contribution in [3.63, 3.8) is 0 Å². The molecule has 4 N–H and O–H groups in total. The molecular weight excluding hydrogens is 938 g/mol. The third kappa shape index (κ3) is 15.4. The summed E-state index contributed by atoms with van der Waals surface area (Å²) in [6.45, 7) is 3.47. The lowest BCUT2D eigenvalue weighted by Gasteiger charge is -2.49. The lowest BCUT2D eigenvalue weighted by Crippen LogP contribution is -2.71. The number of nitrogens with one attached hydrogen (secondary N) is 2. The van der Waals surface area contributed by atoms with Gasteiger partial charge in [0.1, 0.15) is 30.5 Å². The molecule has 0 unspecified atom stereocenters. The van der Waals surface area contributed by atoms with Gasteiger partial charge in [-0.2, -0.15) is 26.3 Å². The lowest BCUT2D eigenvalue weighted by atomic mass is 9.87. The van der Waals surface area contributed by atoms with E-state index in [-0.39, 0.29) is 0 Å². The van der Waals surface area contributed by atoms with Gasteiger partial charge in [-0.1, -0.05) is 6.08 Å². The predicted molar refractivity (Wildman–Crippen MR) is 197 cm³/mol. The Kier molecular flexibility index (Phi) is 20.4. The third-order valence-corrected chi connectivity index (χ3v) is 9.26. The number of carbonyl (C=O) groups is 9.